The van der Waals surface area contributed by atoms with Gasteiger partial charge >= 0.3 is 0 Å². The molecule has 0 radical (unpaired) electrons. The van der Waals surface area contributed by atoms with Crippen molar-refractivity contribution in [3.63, 3.8) is 0 Å². The maximum atomic E-state index is 2.59. The van der Waals surface area contributed by atoms with Crippen molar-refractivity contribution in [1.29, 1.82) is 0 Å². The number of hydrogen-bond acceptors (Lipinski definition) is 4. The van der Waals surface area contributed by atoms with Crippen LogP contribution in [0.4, 0.5) is 68.2 Å². The Balaban J connectivity index is 0.617. The van der Waals surface area contributed by atoms with Crippen LogP contribution in [-0.2, 0) is 10.8 Å². The highest BCUT2D eigenvalue weighted by molar-refractivity contribution is 6.36. The minimum absolute atomic E-state index is 0.0118. The second kappa shape index (κ2) is 28.3. The van der Waals surface area contributed by atoms with E-state index in [-0.39, 0.29) is 10.8 Å². The first-order chi connectivity index (χ1) is 58.7. The third-order valence-corrected chi connectivity index (χ3v) is 26.2. The summed E-state index contributed by atoms with van der Waals surface area (Å²) in [6.07, 6.45) is 2.01. The highest BCUT2D eigenvalue weighted by Gasteiger charge is 2.34. The third-order valence-electron chi connectivity index (χ3n) is 26.2. The average Bonchev–Trinajstić information content (AvgIpc) is 1.52. The molecule has 120 heavy (non-hydrogen) atoms. The fraction of sp³-hybridized carbons (Fsp3) is 0.123. The second-order valence-corrected chi connectivity index (χ2v) is 35.1. The summed E-state index contributed by atoms with van der Waals surface area (Å²) in [5, 5.41) is 19.4. The van der Waals surface area contributed by atoms with Gasteiger partial charge in [-0.1, -0.05) is 310 Å². The molecule has 0 aliphatic heterocycles. The SMILES string of the molecule is CC(C)c1ccc(N(c2ccccc2)c2c3ccccc3cc3c2c2cccc4c5c(N(c6ccccc6)c6ccc(C(C)CCC(C)(C)c7ccc(N(c8ccccc8)c8c9ccccc9cc9c8c8cccc%10c%11c(N(c%12ccccc%12)c%12ccc(C(C)(C)C)cc%12)c%12ccccc%12cc%11n9c%108)cc7)cc6)c6ccccc6cc5n3c24)cc1. The van der Waals surface area contributed by atoms with E-state index in [1.807, 2.05) is 0 Å². The van der Waals surface area contributed by atoms with Crippen molar-refractivity contribution < 1.29 is 0 Å². The number of hydrogen-bond donors (Lipinski definition) is 0. The normalized spacial score (nSPS) is 12.6. The predicted octanol–water partition coefficient (Wildman–Crippen LogP) is 32.8. The van der Waals surface area contributed by atoms with Crippen LogP contribution in [0.1, 0.15) is 102 Å². The summed E-state index contributed by atoms with van der Waals surface area (Å²) in [6, 6.07) is 141. The van der Waals surface area contributed by atoms with E-state index >= 15 is 0 Å². The van der Waals surface area contributed by atoms with E-state index in [0.717, 1.165) is 58.3 Å². The Bertz CT molecular complexity index is 7670. The van der Waals surface area contributed by atoms with Gasteiger partial charge in [-0.15, -0.1) is 0 Å². The van der Waals surface area contributed by atoms with Crippen molar-refractivity contribution >= 4 is 188 Å². The molecule has 22 aromatic rings. The molecule has 4 aromatic heterocycles. The summed E-state index contributed by atoms with van der Waals surface area (Å²) in [6.45, 7) is 18.7. The maximum absolute atomic E-state index is 2.59. The summed E-state index contributed by atoms with van der Waals surface area (Å²) in [5.74, 6) is 0.712. The van der Waals surface area contributed by atoms with Crippen molar-refractivity contribution in [2.75, 3.05) is 19.6 Å². The largest absolute Gasteiger partial charge is 0.309 e. The van der Waals surface area contributed by atoms with Gasteiger partial charge in [0.2, 0.25) is 0 Å². The molecule has 6 heteroatoms. The Morgan fingerprint density at radius 3 is 0.792 bits per heavy atom. The smallest absolute Gasteiger partial charge is 0.0640 e. The highest BCUT2D eigenvalue weighted by Crippen LogP contribution is 2.57. The Kier molecular flexibility index (Phi) is 17.0. The van der Waals surface area contributed by atoms with E-state index < -0.39 is 0 Å². The first-order valence-corrected chi connectivity index (χ1v) is 42.6. The molecule has 578 valence electrons. The van der Waals surface area contributed by atoms with Crippen molar-refractivity contribution in [2.24, 2.45) is 0 Å². The van der Waals surface area contributed by atoms with E-state index in [2.05, 4.69) is 460 Å². The van der Waals surface area contributed by atoms with Crippen molar-refractivity contribution in [3.05, 3.63) is 398 Å². The van der Waals surface area contributed by atoms with Crippen LogP contribution in [0, 0.1) is 0 Å². The maximum Gasteiger partial charge on any atom is 0.0640 e. The number of rotatable bonds is 18. The monoisotopic (exact) mass is 1540 g/mol. The Morgan fingerprint density at radius 2 is 0.500 bits per heavy atom. The molecule has 0 saturated carbocycles. The van der Waals surface area contributed by atoms with Gasteiger partial charge in [0.1, 0.15) is 0 Å². The number of aromatic nitrogens is 2. The van der Waals surface area contributed by atoms with Crippen LogP contribution in [0.2, 0.25) is 0 Å². The number of anilines is 12. The summed E-state index contributed by atoms with van der Waals surface area (Å²) >= 11 is 0. The van der Waals surface area contributed by atoms with Gasteiger partial charge in [-0.25, -0.2) is 0 Å². The fourth-order valence-electron chi connectivity index (χ4n) is 20.0. The molecule has 6 nitrogen and oxygen atoms in total. The van der Waals surface area contributed by atoms with Gasteiger partial charge in [0.05, 0.1) is 55.8 Å². The summed E-state index contributed by atoms with van der Waals surface area (Å²) in [4.78, 5) is 10.1. The molecule has 0 aliphatic carbocycles. The molecule has 0 N–H and O–H groups in total. The molecular formula is C114H92N6. The highest BCUT2D eigenvalue weighted by atomic mass is 15.2. The molecule has 4 heterocycles. The lowest BCUT2D eigenvalue weighted by molar-refractivity contribution is 0.439. The van der Waals surface area contributed by atoms with E-state index in [4.69, 9.17) is 0 Å². The van der Waals surface area contributed by atoms with Crippen LogP contribution in [0.15, 0.2) is 376 Å². The van der Waals surface area contributed by atoms with Crippen LogP contribution in [0.3, 0.4) is 0 Å². The van der Waals surface area contributed by atoms with Crippen molar-refractivity contribution in [1.82, 2.24) is 8.80 Å². The summed E-state index contributed by atoms with van der Waals surface area (Å²) < 4.78 is 5.19. The second-order valence-electron chi connectivity index (χ2n) is 35.1. The molecule has 0 amide bonds. The topological polar surface area (TPSA) is 21.8 Å². The molecule has 0 spiro atoms. The lowest BCUT2D eigenvalue weighted by Crippen LogP contribution is -2.18. The quantitative estimate of drug-likeness (QED) is 0.0853. The number of nitrogens with zero attached hydrogens (tertiary/aromatic N) is 6. The molecule has 1 unspecified atom stereocenters. The van der Waals surface area contributed by atoms with E-state index in [1.54, 1.807) is 0 Å². The molecule has 0 saturated heterocycles. The predicted molar refractivity (Wildman–Crippen MR) is 514 cm³/mol. The van der Waals surface area contributed by atoms with Gasteiger partial charge in [0.15, 0.2) is 0 Å². The van der Waals surface area contributed by atoms with Crippen LogP contribution >= 0.6 is 0 Å². The number of fused-ring (bicyclic) bond motifs is 16. The Labute approximate surface area is 700 Å². The van der Waals surface area contributed by atoms with Gasteiger partial charge in [0.25, 0.3) is 0 Å². The number of para-hydroxylation sites is 6. The first-order valence-electron chi connectivity index (χ1n) is 42.6. The zero-order chi connectivity index (χ0) is 80.8. The third kappa shape index (κ3) is 11.6. The van der Waals surface area contributed by atoms with E-state index in [9.17, 15) is 0 Å². The van der Waals surface area contributed by atoms with Gasteiger partial charge in [-0.05, 0) is 201 Å². The van der Waals surface area contributed by atoms with E-state index in [1.165, 1.54) is 164 Å². The van der Waals surface area contributed by atoms with Crippen LogP contribution in [0.5, 0.6) is 0 Å². The minimum Gasteiger partial charge on any atom is -0.309 e. The average molecular weight is 1550 g/mol. The zero-order valence-corrected chi connectivity index (χ0v) is 69.0. The van der Waals surface area contributed by atoms with Crippen LogP contribution in [0.25, 0.3) is 119 Å². The molecule has 0 fully saturated rings. The zero-order valence-electron chi connectivity index (χ0n) is 69.0. The van der Waals surface area contributed by atoms with E-state index in [0.29, 0.717) is 11.8 Å². The summed E-state index contributed by atoms with van der Waals surface area (Å²) in [7, 11) is 0. The molecule has 0 bridgehead atoms. The summed E-state index contributed by atoms with van der Waals surface area (Å²) in [5.41, 5.74) is 26.0. The molecule has 18 aromatic carbocycles. The van der Waals surface area contributed by atoms with Crippen molar-refractivity contribution in [3.8, 4) is 0 Å². The number of benzene rings is 18. The van der Waals surface area contributed by atoms with Crippen molar-refractivity contribution in [2.45, 2.75) is 90.9 Å². The van der Waals surface area contributed by atoms with Gasteiger partial charge in [0, 0.05) is 110 Å². The van der Waals surface area contributed by atoms with Gasteiger partial charge in [-0.2, -0.15) is 0 Å². The van der Waals surface area contributed by atoms with Gasteiger partial charge < -0.3 is 28.4 Å². The molecular weight excluding hydrogens is 1450 g/mol. The lowest BCUT2D eigenvalue weighted by atomic mass is 9.78. The Morgan fingerprint density at radius 1 is 0.250 bits per heavy atom. The molecule has 1 atom stereocenters. The molecule has 22 rings (SSSR count). The Hall–Kier alpha value is -14.2. The molecule has 0 aliphatic rings. The van der Waals surface area contributed by atoms with Crippen LogP contribution < -0.4 is 19.6 Å². The fourth-order valence-corrected chi connectivity index (χ4v) is 20.0. The van der Waals surface area contributed by atoms with Crippen LogP contribution in [-0.4, -0.2) is 8.80 Å². The van der Waals surface area contributed by atoms with Gasteiger partial charge in [-0.3, -0.25) is 0 Å². The lowest BCUT2D eigenvalue weighted by Gasteiger charge is -2.30. The standard InChI is InChI=1S/C114H92N6/c1-73(2)75-51-59-87(60-52-75)115(83-35-13-9-14-36-83)109-91-43-25-21-31-77(91)69-99-103(109)95-47-29-48-96-104-100(119(99)107(95)96)70-78-32-22-26-44-92(78)110(104)116(84-37-15-10-16-38-84)88-61-53-76(54-62-88)74(3)67-68-114(7,8)82-57-65-90(66-58-82)118(86-41-19-12-20-42-86)112-94-46-28-24-34-80(94)72-102-106(112)98-50-30-49-97-105-101(120(102)108(97)98)71-79-33-23-27-45-93(79)111(105)117(85-39-17-11-18-40-85)89-63-55-81(56-64-89)113(4,5)6/h9-66,69-74H,67-68H2,1-8H3. The first kappa shape index (κ1) is 72.3. The minimum atomic E-state index is -0.137.